The number of rotatable bonds is 5. The molecule has 0 spiro atoms. The van der Waals surface area contributed by atoms with E-state index in [4.69, 9.17) is 4.52 Å². The van der Waals surface area contributed by atoms with Crippen molar-refractivity contribution >= 4 is 5.91 Å². The van der Waals surface area contributed by atoms with Crippen molar-refractivity contribution in [2.24, 2.45) is 0 Å². The monoisotopic (exact) mass is 345 g/mol. The van der Waals surface area contributed by atoms with Crippen LogP contribution in [0.5, 0.6) is 0 Å². The molecule has 1 fully saturated rings. The van der Waals surface area contributed by atoms with Gasteiger partial charge in [0.05, 0.1) is 5.69 Å². The maximum atomic E-state index is 12.5. The second-order valence-electron chi connectivity index (χ2n) is 7.15. The molecule has 0 unspecified atom stereocenters. The Kier molecular flexibility index (Phi) is 5.20. The van der Waals surface area contributed by atoms with Gasteiger partial charge in [-0.05, 0) is 47.0 Å². The van der Waals surface area contributed by atoms with Crippen LogP contribution in [0.15, 0.2) is 10.9 Å². The first-order valence-electron chi connectivity index (χ1n) is 9.06. The first-order chi connectivity index (χ1) is 12.0. The molecule has 1 amide bonds. The van der Waals surface area contributed by atoms with Crippen molar-refractivity contribution in [3.63, 3.8) is 0 Å². The van der Waals surface area contributed by atoms with Gasteiger partial charge < -0.3 is 14.0 Å². The van der Waals surface area contributed by atoms with Crippen molar-refractivity contribution in [1.29, 1.82) is 0 Å². The van der Waals surface area contributed by atoms with Gasteiger partial charge in [-0.3, -0.25) is 4.79 Å². The summed E-state index contributed by atoms with van der Waals surface area (Å²) in [5.74, 6) is 2.47. The van der Waals surface area contributed by atoms with Crippen LogP contribution in [0.3, 0.4) is 0 Å². The van der Waals surface area contributed by atoms with Crippen molar-refractivity contribution in [3.05, 3.63) is 29.2 Å². The van der Waals surface area contributed by atoms with Gasteiger partial charge >= 0.3 is 0 Å². The Morgan fingerprint density at radius 2 is 2.04 bits per heavy atom. The molecule has 0 atom stereocenters. The van der Waals surface area contributed by atoms with Crippen LogP contribution in [0.25, 0.3) is 0 Å². The Bertz CT molecular complexity index is 706. The van der Waals surface area contributed by atoms with E-state index in [1.165, 1.54) is 0 Å². The van der Waals surface area contributed by atoms with E-state index in [1.54, 1.807) is 6.33 Å². The van der Waals surface area contributed by atoms with Gasteiger partial charge in [0.2, 0.25) is 5.91 Å². The van der Waals surface area contributed by atoms with Crippen LogP contribution in [-0.2, 0) is 11.2 Å². The topological polar surface area (TPSA) is 77.1 Å². The molecule has 2 aromatic heterocycles. The SMILES string of the molecule is Cc1noc(C)c1CCC(=O)N1CCC(c2nncn2C(C)C)CC1. The van der Waals surface area contributed by atoms with E-state index in [0.29, 0.717) is 24.8 Å². The molecule has 7 heteroatoms. The molecule has 0 bridgehead atoms. The molecule has 1 aliphatic heterocycles. The maximum Gasteiger partial charge on any atom is 0.222 e. The molecule has 7 nitrogen and oxygen atoms in total. The molecule has 1 aliphatic rings. The summed E-state index contributed by atoms with van der Waals surface area (Å²) >= 11 is 0. The highest BCUT2D eigenvalue weighted by Gasteiger charge is 2.27. The average molecular weight is 345 g/mol. The van der Waals surface area contributed by atoms with Crippen LogP contribution in [0.2, 0.25) is 0 Å². The molecule has 3 heterocycles. The van der Waals surface area contributed by atoms with E-state index < -0.39 is 0 Å². The lowest BCUT2D eigenvalue weighted by atomic mass is 9.95. The van der Waals surface area contributed by atoms with Crippen molar-refractivity contribution in [1.82, 2.24) is 24.8 Å². The summed E-state index contributed by atoms with van der Waals surface area (Å²) in [7, 11) is 0. The largest absolute Gasteiger partial charge is 0.361 e. The fraction of sp³-hybridized carbons (Fsp3) is 0.667. The van der Waals surface area contributed by atoms with Crippen molar-refractivity contribution in [3.8, 4) is 0 Å². The average Bonchev–Trinajstić information content (AvgIpc) is 3.21. The highest BCUT2D eigenvalue weighted by Crippen LogP contribution is 2.28. The van der Waals surface area contributed by atoms with Crippen LogP contribution in [-0.4, -0.2) is 43.8 Å². The molecular weight excluding hydrogens is 318 g/mol. The van der Waals surface area contributed by atoms with E-state index in [0.717, 1.165) is 48.8 Å². The normalized spacial score (nSPS) is 16.0. The minimum atomic E-state index is 0.212. The van der Waals surface area contributed by atoms with E-state index in [1.807, 2.05) is 18.7 Å². The van der Waals surface area contributed by atoms with Crippen LogP contribution in [0.1, 0.15) is 67.9 Å². The smallest absolute Gasteiger partial charge is 0.222 e. The lowest BCUT2D eigenvalue weighted by Crippen LogP contribution is -2.38. The minimum Gasteiger partial charge on any atom is -0.361 e. The quantitative estimate of drug-likeness (QED) is 0.833. The van der Waals surface area contributed by atoms with Gasteiger partial charge in [-0.1, -0.05) is 5.16 Å². The molecule has 0 radical (unpaired) electrons. The van der Waals surface area contributed by atoms with Crippen molar-refractivity contribution in [2.75, 3.05) is 13.1 Å². The predicted octanol–water partition coefficient (Wildman–Crippen LogP) is 2.80. The third-order valence-corrected chi connectivity index (χ3v) is 5.14. The van der Waals surface area contributed by atoms with Crippen LogP contribution >= 0.6 is 0 Å². The van der Waals surface area contributed by atoms with Gasteiger partial charge in [0.1, 0.15) is 17.9 Å². The van der Waals surface area contributed by atoms with Crippen LogP contribution in [0.4, 0.5) is 0 Å². The molecule has 0 saturated carbocycles. The van der Waals surface area contributed by atoms with Gasteiger partial charge in [0.15, 0.2) is 0 Å². The first-order valence-corrected chi connectivity index (χ1v) is 9.06. The molecule has 0 N–H and O–H groups in total. The van der Waals surface area contributed by atoms with Gasteiger partial charge in [-0.2, -0.15) is 0 Å². The summed E-state index contributed by atoms with van der Waals surface area (Å²) in [6.45, 7) is 9.68. The Labute approximate surface area is 148 Å². The van der Waals surface area contributed by atoms with Gasteiger partial charge in [-0.15, -0.1) is 10.2 Å². The molecular formula is C18H27N5O2. The van der Waals surface area contributed by atoms with Crippen LogP contribution < -0.4 is 0 Å². The highest BCUT2D eigenvalue weighted by molar-refractivity contribution is 5.76. The standard InChI is InChI=1S/C18H27N5O2/c1-12(2)23-11-19-20-18(23)15-7-9-22(10-8-15)17(24)6-5-16-13(3)21-25-14(16)4/h11-12,15H,5-10H2,1-4H3. The number of nitrogens with zero attached hydrogens (tertiary/aromatic N) is 5. The molecule has 0 aromatic carbocycles. The highest BCUT2D eigenvalue weighted by atomic mass is 16.5. The number of carbonyl (C=O) groups excluding carboxylic acids is 1. The zero-order valence-corrected chi connectivity index (χ0v) is 15.5. The van der Waals surface area contributed by atoms with E-state index in [2.05, 4.69) is 33.8 Å². The number of carbonyl (C=O) groups is 1. The lowest BCUT2D eigenvalue weighted by molar-refractivity contribution is -0.132. The summed E-state index contributed by atoms with van der Waals surface area (Å²) in [6, 6.07) is 0.361. The maximum absolute atomic E-state index is 12.5. The second-order valence-corrected chi connectivity index (χ2v) is 7.15. The number of hydrogen-bond acceptors (Lipinski definition) is 5. The van der Waals surface area contributed by atoms with Gasteiger partial charge in [0.25, 0.3) is 0 Å². The van der Waals surface area contributed by atoms with Gasteiger partial charge in [0, 0.05) is 37.0 Å². The molecule has 2 aromatic rings. The predicted molar refractivity (Wildman–Crippen MR) is 93.3 cm³/mol. The Balaban J connectivity index is 1.53. The minimum absolute atomic E-state index is 0.212. The lowest BCUT2D eigenvalue weighted by Gasteiger charge is -2.32. The van der Waals surface area contributed by atoms with E-state index in [9.17, 15) is 4.79 Å². The van der Waals surface area contributed by atoms with Crippen molar-refractivity contribution < 1.29 is 9.32 Å². The number of hydrogen-bond donors (Lipinski definition) is 0. The molecule has 0 aliphatic carbocycles. The number of aromatic nitrogens is 4. The van der Waals surface area contributed by atoms with Gasteiger partial charge in [-0.25, -0.2) is 0 Å². The summed E-state index contributed by atoms with van der Waals surface area (Å²) in [4.78, 5) is 14.5. The Morgan fingerprint density at radius 1 is 1.32 bits per heavy atom. The third kappa shape index (κ3) is 3.75. The van der Waals surface area contributed by atoms with E-state index in [-0.39, 0.29) is 5.91 Å². The first kappa shape index (κ1) is 17.6. The second kappa shape index (κ2) is 7.37. The molecule has 3 rings (SSSR count). The fourth-order valence-electron chi connectivity index (χ4n) is 3.58. The summed E-state index contributed by atoms with van der Waals surface area (Å²) in [5, 5.41) is 12.3. The van der Waals surface area contributed by atoms with Crippen LogP contribution in [0, 0.1) is 13.8 Å². The Morgan fingerprint density at radius 3 is 2.64 bits per heavy atom. The summed E-state index contributed by atoms with van der Waals surface area (Å²) < 4.78 is 7.31. The number of amides is 1. The number of aryl methyl sites for hydroxylation is 2. The van der Waals surface area contributed by atoms with E-state index >= 15 is 0 Å². The summed E-state index contributed by atoms with van der Waals surface area (Å²) in [6.07, 6.45) is 4.91. The zero-order chi connectivity index (χ0) is 18.0. The zero-order valence-electron chi connectivity index (χ0n) is 15.5. The molecule has 1 saturated heterocycles. The fourth-order valence-corrected chi connectivity index (χ4v) is 3.58. The third-order valence-electron chi connectivity index (χ3n) is 5.14. The van der Waals surface area contributed by atoms with Crippen molar-refractivity contribution in [2.45, 2.75) is 65.3 Å². The molecule has 25 heavy (non-hydrogen) atoms. The Hall–Kier alpha value is -2.18. The molecule has 136 valence electrons. The number of piperidine rings is 1. The number of likely N-dealkylation sites (tertiary alicyclic amines) is 1. The summed E-state index contributed by atoms with van der Waals surface area (Å²) in [5.41, 5.74) is 1.95.